The van der Waals surface area contributed by atoms with Crippen molar-refractivity contribution in [3.05, 3.63) is 56.7 Å². The number of aryl methyl sites for hydroxylation is 3. The fourth-order valence-corrected chi connectivity index (χ4v) is 4.62. The highest BCUT2D eigenvalue weighted by atomic mass is 35.5. The predicted molar refractivity (Wildman–Crippen MR) is 124 cm³/mol. The average molecular weight is 441 g/mol. The summed E-state index contributed by atoms with van der Waals surface area (Å²) in [5.74, 6) is 0.119. The number of hydrogen-bond donors (Lipinski definition) is 0. The summed E-state index contributed by atoms with van der Waals surface area (Å²) in [5, 5.41) is 1.24. The molecular formula is C24H29ClN4O2. The molecule has 1 aliphatic rings. The van der Waals surface area contributed by atoms with Gasteiger partial charge in [0.1, 0.15) is 0 Å². The average Bonchev–Trinajstić information content (AvgIpc) is 2.93. The number of carbonyl (C=O) groups excluding carboxylic acids is 1. The molecule has 0 spiro atoms. The Labute approximate surface area is 187 Å². The number of aromatic nitrogens is 3. The Kier molecular flexibility index (Phi) is 6.19. The quantitative estimate of drug-likeness (QED) is 0.597. The Bertz CT molecular complexity index is 1190. The Morgan fingerprint density at radius 2 is 1.81 bits per heavy atom. The molecule has 1 aliphatic heterocycles. The maximum atomic E-state index is 13.3. The van der Waals surface area contributed by atoms with E-state index in [4.69, 9.17) is 11.6 Å². The first-order valence-corrected chi connectivity index (χ1v) is 11.4. The molecular weight excluding hydrogens is 412 g/mol. The second-order valence-corrected chi connectivity index (χ2v) is 8.90. The molecule has 0 bridgehead atoms. The van der Waals surface area contributed by atoms with Gasteiger partial charge in [0.15, 0.2) is 5.65 Å². The second kappa shape index (κ2) is 8.87. The molecule has 1 aromatic carbocycles. The van der Waals surface area contributed by atoms with Crippen molar-refractivity contribution in [2.45, 2.75) is 59.4 Å². The fraction of sp³-hybridized carbons (Fsp3) is 0.458. The standard InChI is InChI=1S/C24H29ClN4O2/c1-16-8-9-19(25)14-20(16)29-18(3)17(2)22-23(29)26-15-28(24(22)31)13-10-21(30)27-11-6-4-5-7-12-27/h8-9,14-15H,4-7,10-13H2,1-3H3. The van der Waals surface area contributed by atoms with Gasteiger partial charge in [-0.1, -0.05) is 30.5 Å². The van der Waals surface area contributed by atoms with Gasteiger partial charge in [-0.2, -0.15) is 0 Å². The van der Waals surface area contributed by atoms with Crippen molar-refractivity contribution in [3.8, 4) is 5.69 Å². The molecule has 2 aromatic heterocycles. The number of rotatable bonds is 4. The van der Waals surface area contributed by atoms with Crippen LogP contribution in [0.2, 0.25) is 5.02 Å². The van der Waals surface area contributed by atoms with Crippen LogP contribution >= 0.6 is 11.6 Å². The monoisotopic (exact) mass is 440 g/mol. The summed E-state index contributed by atoms with van der Waals surface area (Å²) in [6.45, 7) is 7.95. The van der Waals surface area contributed by atoms with Crippen LogP contribution in [0.5, 0.6) is 0 Å². The van der Waals surface area contributed by atoms with Gasteiger partial charge in [0.05, 0.1) is 17.4 Å². The molecule has 0 radical (unpaired) electrons. The molecule has 4 rings (SSSR count). The van der Waals surface area contributed by atoms with Gasteiger partial charge in [-0.15, -0.1) is 0 Å². The number of amides is 1. The molecule has 31 heavy (non-hydrogen) atoms. The Hall–Kier alpha value is -2.60. The zero-order chi connectivity index (χ0) is 22.1. The van der Waals surface area contributed by atoms with Crippen molar-refractivity contribution in [1.82, 2.24) is 19.0 Å². The van der Waals surface area contributed by atoms with Crippen LogP contribution in [0.3, 0.4) is 0 Å². The summed E-state index contributed by atoms with van der Waals surface area (Å²) in [6.07, 6.45) is 6.38. The third-order valence-electron chi connectivity index (χ3n) is 6.42. The largest absolute Gasteiger partial charge is 0.343 e. The first kappa shape index (κ1) is 21.6. The lowest BCUT2D eigenvalue weighted by molar-refractivity contribution is -0.131. The molecule has 3 heterocycles. The Morgan fingerprint density at radius 1 is 1.10 bits per heavy atom. The number of likely N-dealkylation sites (tertiary alicyclic amines) is 1. The summed E-state index contributed by atoms with van der Waals surface area (Å²) < 4.78 is 3.57. The maximum absolute atomic E-state index is 13.3. The lowest BCUT2D eigenvalue weighted by Crippen LogP contribution is -2.33. The van der Waals surface area contributed by atoms with Gasteiger partial charge >= 0.3 is 0 Å². The normalized spacial score (nSPS) is 14.8. The molecule has 7 heteroatoms. The van der Waals surface area contributed by atoms with Gasteiger partial charge < -0.3 is 4.90 Å². The van der Waals surface area contributed by atoms with E-state index in [0.717, 1.165) is 48.4 Å². The van der Waals surface area contributed by atoms with E-state index in [-0.39, 0.29) is 11.5 Å². The van der Waals surface area contributed by atoms with Crippen LogP contribution in [0.1, 0.15) is 48.9 Å². The summed E-state index contributed by atoms with van der Waals surface area (Å²) in [6, 6.07) is 5.72. The topological polar surface area (TPSA) is 60.1 Å². The molecule has 1 fully saturated rings. The minimum Gasteiger partial charge on any atom is -0.343 e. The van der Waals surface area contributed by atoms with E-state index >= 15 is 0 Å². The first-order valence-electron chi connectivity index (χ1n) is 11.0. The van der Waals surface area contributed by atoms with Crippen molar-refractivity contribution in [2.24, 2.45) is 0 Å². The zero-order valence-corrected chi connectivity index (χ0v) is 19.2. The number of halogens is 1. The van der Waals surface area contributed by atoms with Crippen LogP contribution in [0.15, 0.2) is 29.3 Å². The van der Waals surface area contributed by atoms with Gasteiger partial charge in [0.2, 0.25) is 5.91 Å². The molecule has 0 N–H and O–H groups in total. The van der Waals surface area contributed by atoms with E-state index in [1.54, 1.807) is 10.9 Å². The van der Waals surface area contributed by atoms with Crippen molar-refractivity contribution in [3.63, 3.8) is 0 Å². The van der Waals surface area contributed by atoms with Crippen LogP contribution in [0.4, 0.5) is 0 Å². The summed E-state index contributed by atoms with van der Waals surface area (Å²) in [7, 11) is 0. The molecule has 1 amide bonds. The number of carbonyl (C=O) groups is 1. The van der Waals surface area contributed by atoms with Crippen molar-refractivity contribution >= 4 is 28.5 Å². The van der Waals surface area contributed by atoms with E-state index in [9.17, 15) is 9.59 Å². The van der Waals surface area contributed by atoms with Crippen LogP contribution in [-0.2, 0) is 11.3 Å². The molecule has 0 atom stereocenters. The third-order valence-corrected chi connectivity index (χ3v) is 6.66. The van der Waals surface area contributed by atoms with Crippen LogP contribution in [-0.4, -0.2) is 38.0 Å². The fourth-order valence-electron chi connectivity index (χ4n) is 4.46. The van der Waals surface area contributed by atoms with E-state index in [0.29, 0.717) is 29.0 Å². The second-order valence-electron chi connectivity index (χ2n) is 8.46. The number of nitrogens with zero attached hydrogens (tertiary/aromatic N) is 4. The summed E-state index contributed by atoms with van der Waals surface area (Å²) in [4.78, 5) is 32.5. The van der Waals surface area contributed by atoms with Gasteiger partial charge in [-0.05, 0) is 56.9 Å². The Morgan fingerprint density at radius 3 is 2.52 bits per heavy atom. The molecule has 1 saturated heterocycles. The SMILES string of the molecule is Cc1ccc(Cl)cc1-n1c(C)c(C)c2c(=O)n(CCC(=O)N3CCCCCC3)cnc21. The minimum absolute atomic E-state index is 0.104. The molecule has 164 valence electrons. The van der Waals surface area contributed by atoms with Gasteiger partial charge in [-0.3, -0.25) is 18.7 Å². The van der Waals surface area contributed by atoms with Gasteiger partial charge in [-0.25, -0.2) is 4.98 Å². The van der Waals surface area contributed by atoms with Gasteiger partial charge in [0.25, 0.3) is 5.56 Å². The van der Waals surface area contributed by atoms with E-state index in [1.807, 2.05) is 48.4 Å². The van der Waals surface area contributed by atoms with Crippen molar-refractivity contribution < 1.29 is 4.79 Å². The van der Waals surface area contributed by atoms with Crippen LogP contribution in [0, 0.1) is 20.8 Å². The molecule has 0 unspecified atom stereocenters. The minimum atomic E-state index is -0.104. The van der Waals surface area contributed by atoms with Crippen LogP contribution in [0.25, 0.3) is 16.7 Å². The van der Waals surface area contributed by atoms with E-state index < -0.39 is 0 Å². The summed E-state index contributed by atoms with van der Waals surface area (Å²) >= 11 is 6.24. The summed E-state index contributed by atoms with van der Waals surface area (Å²) in [5.41, 5.74) is 4.36. The lowest BCUT2D eigenvalue weighted by Gasteiger charge is -2.20. The van der Waals surface area contributed by atoms with Crippen molar-refractivity contribution in [2.75, 3.05) is 13.1 Å². The molecule has 0 aliphatic carbocycles. The highest BCUT2D eigenvalue weighted by Gasteiger charge is 2.20. The van der Waals surface area contributed by atoms with Gasteiger partial charge in [0, 0.05) is 36.8 Å². The lowest BCUT2D eigenvalue weighted by atomic mass is 10.2. The number of fused-ring (bicyclic) bond motifs is 1. The zero-order valence-electron chi connectivity index (χ0n) is 18.4. The third kappa shape index (κ3) is 4.13. The highest BCUT2D eigenvalue weighted by molar-refractivity contribution is 6.30. The molecule has 3 aromatic rings. The molecule has 6 nitrogen and oxygen atoms in total. The Balaban J connectivity index is 1.67. The predicted octanol–water partition coefficient (Wildman–Crippen LogP) is 4.56. The van der Waals surface area contributed by atoms with E-state index in [2.05, 4.69) is 4.98 Å². The number of hydrogen-bond acceptors (Lipinski definition) is 3. The molecule has 0 saturated carbocycles. The van der Waals surface area contributed by atoms with Crippen LogP contribution < -0.4 is 5.56 Å². The van der Waals surface area contributed by atoms with E-state index in [1.165, 1.54) is 12.8 Å². The number of benzene rings is 1. The first-order chi connectivity index (χ1) is 14.9. The van der Waals surface area contributed by atoms with Crippen molar-refractivity contribution in [1.29, 1.82) is 0 Å². The highest BCUT2D eigenvalue weighted by Crippen LogP contribution is 2.28. The smallest absolute Gasteiger partial charge is 0.263 e. The maximum Gasteiger partial charge on any atom is 0.263 e.